The summed E-state index contributed by atoms with van der Waals surface area (Å²) in [6.07, 6.45) is 1.40. The van der Waals surface area contributed by atoms with Gasteiger partial charge in [-0.05, 0) is 56.3 Å². The van der Waals surface area contributed by atoms with Gasteiger partial charge in [0.1, 0.15) is 5.69 Å². The lowest BCUT2D eigenvalue weighted by molar-refractivity contribution is -0.384. The van der Waals surface area contributed by atoms with Crippen LogP contribution < -0.4 is 10.3 Å². The first-order valence-corrected chi connectivity index (χ1v) is 10.6. The Kier molecular flexibility index (Phi) is 6.50. The minimum Gasteiger partial charge on any atom is -0.378 e. The van der Waals surface area contributed by atoms with E-state index in [1.165, 1.54) is 12.3 Å². The number of amides is 1. The average Bonchev–Trinajstić information content (AvgIpc) is 3.17. The van der Waals surface area contributed by atoms with Crippen molar-refractivity contribution in [3.05, 3.63) is 87.2 Å². The third-order valence-electron chi connectivity index (χ3n) is 5.59. The van der Waals surface area contributed by atoms with Crippen molar-refractivity contribution in [2.75, 3.05) is 31.2 Å². The van der Waals surface area contributed by atoms with E-state index in [1.807, 2.05) is 43.0 Å². The molecule has 0 bridgehead atoms. The van der Waals surface area contributed by atoms with Crippen LogP contribution in [-0.4, -0.2) is 47.9 Å². The quantitative estimate of drug-likeness (QED) is 0.353. The first kappa shape index (κ1) is 22.2. The molecule has 0 saturated carbocycles. The Hall–Kier alpha value is -3.98. The fourth-order valence-corrected chi connectivity index (χ4v) is 3.91. The zero-order chi connectivity index (χ0) is 23.4. The van der Waals surface area contributed by atoms with Gasteiger partial charge in [0.05, 0.1) is 24.4 Å². The third-order valence-corrected chi connectivity index (χ3v) is 5.59. The molecule has 1 N–H and O–H groups in total. The number of ether oxygens (including phenoxy) is 1. The fourth-order valence-electron chi connectivity index (χ4n) is 3.91. The maximum atomic E-state index is 12.4. The number of carbonyl (C=O) groups is 1. The Bertz CT molecular complexity index is 1170. The summed E-state index contributed by atoms with van der Waals surface area (Å²) in [5, 5.41) is 15.5. The number of nitro benzene ring substituents is 1. The molecular weight excluding hydrogens is 422 g/mol. The number of carbonyl (C=O) groups excluding carboxylic acids is 1. The van der Waals surface area contributed by atoms with E-state index in [4.69, 9.17) is 4.74 Å². The van der Waals surface area contributed by atoms with Crippen LogP contribution in [0.3, 0.4) is 0 Å². The lowest BCUT2D eigenvalue weighted by atomic mass is 10.1. The van der Waals surface area contributed by atoms with Gasteiger partial charge < -0.3 is 14.2 Å². The lowest BCUT2D eigenvalue weighted by Gasteiger charge is -2.28. The monoisotopic (exact) mass is 447 g/mol. The summed E-state index contributed by atoms with van der Waals surface area (Å²) in [4.78, 5) is 25.5. The molecule has 0 aliphatic carbocycles. The molecule has 1 aliphatic rings. The van der Waals surface area contributed by atoms with Crippen molar-refractivity contribution >= 4 is 23.5 Å². The second kappa shape index (κ2) is 9.66. The first-order valence-electron chi connectivity index (χ1n) is 10.6. The van der Waals surface area contributed by atoms with Gasteiger partial charge in [-0.1, -0.05) is 6.07 Å². The molecule has 1 saturated heterocycles. The van der Waals surface area contributed by atoms with Gasteiger partial charge in [0.25, 0.3) is 11.6 Å². The Morgan fingerprint density at radius 2 is 1.73 bits per heavy atom. The highest BCUT2D eigenvalue weighted by molar-refractivity contribution is 5.95. The van der Waals surface area contributed by atoms with Gasteiger partial charge >= 0.3 is 0 Å². The molecule has 0 unspecified atom stereocenters. The number of rotatable bonds is 6. The van der Waals surface area contributed by atoms with E-state index in [1.54, 1.807) is 24.3 Å². The molecule has 1 amide bonds. The number of hydrogen-bond donors (Lipinski definition) is 1. The molecule has 0 radical (unpaired) electrons. The zero-order valence-electron chi connectivity index (χ0n) is 18.5. The number of hydrazone groups is 1. The van der Waals surface area contributed by atoms with Crippen molar-refractivity contribution < 1.29 is 14.5 Å². The van der Waals surface area contributed by atoms with Crippen LogP contribution in [0.2, 0.25) is 0 Å². The number of nitro groups is 1. The summed E-state index contributed by atoms with van der Waals surface area (Å²) in [6, 6.07) is 16.2. The standard InChI is InChI=1S/C24H25N5O4/c1-17-3-4-18(2)28(17)21-8-6-20(7-9-21)24(30)26-25-16-19-5-10-22(23(15-19)29(31)32)27-11-13-33-14-12-27/h3-10,15-16H,11-14H2,1-2H3,(H,26,30)/b25-16-. The first-order chi connectivity index (χ1) is 15.9. The molecule has 2 heterocycles. The Morgan fingerprint density at radius 3 is 2.36 bits per heavy atom. The molecule has 1 aliphatic heterocycles. The van der Waals surface area contributed by atoms with Crippen molar-refractivity contribution in [2.24, 2.45) is 5.10 Å². The molecule has 33 heavy (non-hydrogen) atoms. The van der Waals surface area contributed by atoms with Crippen molar-refractivity contribution in [3.8, 4) is 5.69 Å². The van der Waals surface area contributed by atoms with E-state index < -0.39 is 4.92 Å². The van der Waals surface area contributed by atoms with Crippen molar-refractivity contribution in [3.63, 3.8) is 0 Å². The number of nitrogens with one attached hydrogen (secondary N) is 1. The van der Waals surface area contributed by atoms with Crippen molar-refractivity contribution in [1.82, 2.24) is 9.99 Å². The fraction of sp³-hybridized carbons (Fsp3) is 0.250. The van der Waals surface area contributed by atoms with E-state index in [0.29, 0.717) is 43.1 Å². The summed E-state index contributed by atoms with van der Waals surface area (Å²) in [5.41, 5.74) is 7.22. The molecular formula is C24H25N5O4. The normalized spacial score (nSPS) is 13.9. The van der Waals surface area contributed by atoms with Crippen LogP contribution in [0.4, 0.5) is 11.4 Å². The topological polar surface area (TPSA) is 102 Å². The van der Waals surface area contributed by atoms with Gasteiger partial charge in [-0.25, -0.2) is 5.43 Å². The maximum absolute atomic E-state index is 12.4. The molecule has 3 aromatic rings. The molecule has 2 aromatic carbocycles. The lowest BCUT2D eigenvalue weighted by Crippen LogP contribution is -2.36. The van der Waals surface area contributed by atoms with E-state index in [-0.39, 0.29) is 11.6 Å². The summed E-state index contributed by atoms with van der Waals surface area (Å²) < 4.78 is 7.42. The minimum absolute atomic E-state index is 0.00151. The smallest absolute Gasteiger partial charge is 0.293 e. The summed E-state index contributed by atoms with van der Waals surface area (Å²) in [7, 11) is 0. The Morgan fingerprint density at radius 1 is 1.06 bits per heavy atom. The second-order valence-electron chi connectivity index (χ2n) is 7.80. The SMILES string of the molecule is Cc1ccc(C)n1-c1ccc(C(=O)N/N=C\c2ccc(N3CCOCC3)c([N+](=O)[O-])c2)cc1. The number of anilines is 1. The summed E-state index contributed by atoms with van der Waals surface area (Å²) >= 11 is 0. The Balaban J connectivity index is 1.44. The molecule has 9 heteroatoms. The van der Waals surface area contributed by atoms with Crippen LogP contribution >= 0.6 is 0 Å². The molecule has 170 valence electrons. The molecule has 1 fully saturated rings. The molecule has 9 nitrogen and oxygen atoms in total. The Labute approximate surface area is 191 Å². The van der Waals surface area contributed by atoms with Gasteiger partial charge in [-0.15, -0.1) is 0 Å². The van der Waals surface area contributed by atoms with Gasteiger partial charge in [0, 0.05) is 47.4 Å². The molecule has 0 atom stereocenters. The predicted octanol–water partition coefficient (Wildman–Crippen LogP) is 3.60. The van der Waals surface area contributed by atoms with Crippen LogP contribution in [0.1, 0.15) is 27.3 Å². The molecule has 1 aromatic heterocycles. The van der Waals surface area contributed by atoms with Crippen molar-refractivity contribution in [2.45, 2.75) is 13.8 Å². The number of nitrogens with zero attached hydrogens (tertiary/aromatic N) is 4. The van der Waals surface area contributed by atoms with Crippen LogP contribution in [0.15, 0.2) is 59.7 Å². The van der Waals surface area contributed by atoms with E-state index in [9.17, 15) is 14.9 Å². The average molecular weight is 447 g/mol. The maximum Gasteiger partial charge on any atom is 0.293 e. The number of aryl methyl sites for hydroxylation is 2. The second-order valence-corrected chi connectivity index (χ2v) is 7.80. The molecule has 0 spiro atoms. The number of aromatic nitrogens is 1. The van der Waals surface area contributed by atoms with Crippen LogP contribution in [-0.2, 0) is 4.74 Å². The van der Waals surface area contributed by atoms with Crippen molar-refractivity contribution in [1.29, 1.82) is 0 Å². The van der Waals surface area contributed by atoms with Gasteiger partial charge in [-0.3, -0.25) is 14.9 Å². The highest BCUT2D eigenvalue weighted by atomic mass is 16.6. The minimum atomic E-state index is -0.406. The van der Waals surface area contributed by atoms with E-state index in [2.05, 4.69) is 15.1 Å². The summed E-state index contributed by atoms with van der Waals surface area (Å²) in [5.74, 6) is -0.363. The van der Waals surface area contributed by atoms with Crippen LogP contribution in [0.25, 0.3) is 5.69 Å². The predicted molar refractivity (Wildman–Crippen MR) is 126 cm³/mol. The third kappa shape index (κ3) is 4.93. The van der Waals surface area contributed by atoms with E-state index in [0.717, 1.165) is 17.1 Å². The van der Waals surface area contributed by atoms with Gasteiger partial charge in [0.2, 0.25) is 0 Å². The molecule has 4 rings (SSSR count). The highest BCUT2D eigenvalue weighted by Crippen LogP contribution is 2.29. The highest BCUT2D eigenvalue weighted by Gasteiger charge is 2.21. The van der Waals surface area contributed by atoms with Crippen LogP contribution in [0, 0.1) is 24.0 Å². The number of hydrogen-bond acceptors (Lipinski definition) is 6. The number of morpholine rings is 1. The largest absolute Gasteiger partial charge is 0.378 e. The number of benzene rings is 2. The van der Waals surface area contributed by atoms with E-state index >= 15 is 0 Å². The summed E-state index contributed by atoms with van der Waals surface area (Å²) in [6.45, 7) is 6.34. The van der Waals surface area contributed by atoms with Gasteiger partial charge in [0.15, 0.2) is 0 Å². The van der Waals surface area contributed by atoms with Crippen LogP contribution in [0.5, 0.6) is 0 Å². The van der Waals surface area contributed by atoms with Gasteiger partial charge in [-0.2, -0.15) is 5.10 Å². The zero-order valence-corrected chi connectivity index (χ0v) is 18.5.